The number of ether oxygens (including phenoxy) is 1. The molecule has 0 aromatic rings. The molecular weight excluding hydrogens is 272 g/mol. The smallest absolute Gasteiger partial charge is 0.308 e. The van der Waals surface area contributed by atoms with Gasteiger partial charge in [-0.2, -0.15) is 0 Å². The predicted molar refractivity (Wildman–Crippen MR) is 71.0 cm³/mol. The molecule has 0 aliphatic rings. The minimum Gasteiger partial charge on any atom is -0.461 e. The molecule has 2 unspecified atom stereocenters. The molecule has 2 nitrogen and oxygen atoms in total. The van der Waals surface area contributed by atoms with Crippen LogP contribution in [-0.2, 0) is 9.53 Å². The van der Waals surface area contributed by atoms with Crippen molar-refractivity contribution in [3.8, 4) is 0 Å². The number of carbonyl (C=O) groups is 1. The third kappa shape index (κ3) is 6.15. The first-order chi connectivity index (χ1) is 6.79. The first-order valence-corrected chi connectivity index (χ1v) is 9.70. The van der Waals surface area contributed by atoms with Gasteiger partial charge in [-0.15, -0.1) is 0 Å². The SMILES string of the molecule is C=CCOC(=O)C(C)CC(Br)[Si](C)(C)C. The van der Waals surface area contributed by atoms with Crippen molar-refractivity contribution in [1.82, 2.24) is 0 Å². The van der Waals surface area contributed by atoms with E-state index >= 15 is 0 Å². The summed E-state index contributed by atoms with van der Waals surface area (Å²) in [6.45, 7) is 12.6. The van der Waals surface area contributed by atoms with Gasteiger partial charge in [-0.3, -0.25) is 4.79 Å². The van der Waals surface area contributed by atoms with Crippen LogP contribution >= 0.6 is 15.9 Å². The van der Waals surface area contributed by atoms with Gasteiger partial charge in [0.15, 0.2) is 0 Å². The van der Waals surface area contributed by atoms with Gasteiger partial charge < -0.3 is 4.74 Å². The fourth-order valence-corrected chi connectivity index (χ4v) is 2.66. The van der Waals surface area contributed by atoms with Crippen LogP contribution in [0.25, 0.3) is 0 Å². The molecule has 0 amide bonds. The van der Waals surface area contributed by atoms with Crippen molar-refractivity contribution in [3.05, 3.63) is 12.7 Å². The van der Waals surface area contributed by atoms with E-state index < -0.39 is 8.07 Å². The summed E-state index contributed by atoms with van der Waals surface area (Å²) in [5, 5.41) is 0. The normalized spacial score (nSPS) is 15.5. The fraction of sp³-hybridized carbons (Fsp3) is 0.727. The van der Waals surface area contributed by atoms with Gasteiger partial charge in [-0.25, -0.2) is 0 Å². The minimum atomic E-state index is -1.21. The highest BCUT2D eigenvalue weighted by Gasteiger charge is 2.28. The molecule has 88 valence electrons. The lowest BCUT2D eigenvalue weighted by atomic mass is 10.1. The molecule has 0 saturated heterocycles. The van der Waals surface area contributed by atoms with Gasteiger partial charge in [0.25, 0.3) is 0 Å². The van der Waals surface area contributed by atoms with E-state index in [0.29, 0.717) is 11.1 Å². The van der Waals surface area contributed by atoms with Crippen LogP contribution in [0.5, 0.6) is 0 Å². The zero-order valence-corrected chi connectivity index (χ0v) is 12.6. The van der Waals surface area contributed by atoms with E-state index in [9.17, 15) is 4.79 Å². The minimum absolute atomic E-state index is 0.0407. The number of halogens is 1. The standard InChI is InChI=1S/C11H21BrO2Si/c1-6-7-14-11(13)9(2)8-10(12)15(3,4)5/h6,9-10H,1,7-8H2,2-5H3. The number of hydrogen-bond donors (Lipinski definition) is 0. The van der Waals surface area contributed by atoms with Crippen molar-refractivity contribution in [3.63, 3.8) is 0 Å². The lowest BCUT2D eigenvalue weighted by molar-refractivity contribution is -0.146. The molecule has 0 fully saturated rings. The summed E-state index contributed by atoms with van der Waals surface area (Å²) >= 11 is 3.67. The summed E-state index contributed by atoms with van der Waals surface area (Å²) in [4.78, 5) is 11.5. The summed E-state index contributed by atoms with van der Waals surface area (Å²) < 4.78 is 5.46. The van der Waals surface area contributed by atoms with Gasteiger partial charge in [-0.1, -0.05) is 55.1 Å². The molecule has 0 aliphatic carbocycles. The highest BCUT2D eigenvalue weighted by atomic mass is 79.9. The van der Waals surface area contributed by atoms with Crippen molar-refractivity contribution >= 4 is 30.0 Å². The van der Waals surface area contributed by atoms with Crippen LogP contribution in [0, 0.1) is 5.92 Å². The van der Waals surface area contributed by atoms with Crippen molar-refractivity contribution in [2.24, 2.45) is 5.92 Å². The highest BCUT2D eigenvalue weighted by molar-refractivity contribution is 9.10. The number of hydrogen-bond acceptors (Lipinski definition) is 2. The van der Waals surface area contributed by atoms with E-state index in [0.717, 1.165) is 6.42 Å². The highest BCUT2D eigenvalue weighted by Crippen LogP contribution is 2.23. The second-order valence-electron chi connectivity index (χ2n) is 4.89. The maximum atomic E-state index is 11.5. The van der Waals surface area contributed by atoms with Gasteiger partial charge in [0.2, 0.25) is 0 Å². The first kappa shape index (κ1) is 14.9. The van der Waals surface area contributed by atoms with Crippen molar-refractivity contribution in [2.45, 2.75) is 37.4 Å². The van der Waals surface area contributed by atoms with Crippen LogP contribution in [0.15, 0.2) is 12.7 Å². The van der Waals surface area contributed by atoms with E-state index in [-0.39, 0.29) is 11.9 Å². The summed E-state index contributed by atoms with van der Waals surface area (Å²) in [5.41, 5.74) is 0. The number of esters is 1. The number of rotatable bonds is 6. The molecule has 0 N–H and O–H groups in total. The Bertz CT molecular complexity index is 223. The second kappa shape index (κ2) is 6.48. The Labute approximate surface area is 102 Å². The van der Waals surface area contributed by atoms with Gasteiger partial charge in [0.1, 0.15) is 6.61 Å². The average molecular weight is 293 g/mol. The third-order valence-electron chi connectivity index (χ3n) is 2.25. The van der Waals surface area contributed by atoms with Crippen LogP contribution in [0.3, 0.4) is 0 Å². The molecule has 0 spiro atoms. The molecule has 0 radical (unpaired) electrons. The van der Waals surface area contributed by atoms with E-state index in [4.69, 9.17) is 4.74 Å². The van der Waals surface area contributed by atoms with Crippen LogP contribution in [0.4, 0.5) is 0 Å². The van der Waals surface area contributed by atoms with Gasteiger partial charge in [-0.05, 0) is 6.42 Å². The van der Waals surface area contributed by atoms with Crippen molar-refractivity contribution < 1.29 is 9.53 Å². The molecule has 2 atom stereocenters. The molecule has 0 saturated carbocycles. The average Bonchev–Trinajstić information content (AvgIpc) is 2.12. The van der Waals surface area contributed by atoms with Crippen LogP contribution in [-0.4, -0.2) is 25.1 Å². The number of carbonyl (C=O) groups excluding carboxylic acids is 1. The second-order valence-corrected chi connectivity index (χ2v) is 12.3. The van der Waals surface area contributed by atoms with Crippen molar-refractivity contribution in [1.29, 1.82) is 0 Å². The Hall–Kier alpha value is -0.0931. The summed E-state index contributed by atoms with van der Waals surface area (Å²) in [7, 11) is -1.21. The Kier molecular flexibility index (Phi) is 6.44. The summed E-state index contributed by atoms with van der Waals surface area (Å²) in [5.74, 6) is -0.168. The Balaban J connectivity index is 4.07. The summed E-state index contributed by atoms with van der Waals surface area (Å²) in [6, 6.07) is 0. The third-order valence-corrected chi connectivity index (χ3v) is 8.86. The zero-order valence-electron chi connectivity index (χ0n) is 10.0. The maximum absolute atomic E-state index is 11.5. The molecule has 0 aliphatic heterocycles. The quantitative estimate of drug-likeness (QED) is 0.325. The lowest BCUT2D eigenvalue weighted by Crippen LogP contribution is -2.36. The monoisotopic (exact) mass is 292 g/mol. The number of alkyl halides is 1. The summed E-state index contributed by atoms with van der Waals surface area (Å²) in [6.07, 6.45) is 2.44. The van der Waals surface area contributed by atoms with Crippen LogP contribution in [0.2, 0.25) is 19.6 Å². The molecular formula is C11H21BrO2Si. The largest absolute Gasteiger partial charge is 0.461 e. The molecule has 15 heavy (non-hydrogen) atoms. The van der Waals surface area contributed by atoms with E-state index in [1.165, 1.54) is 0 Å². The Morgan fingerprint density at radius 2 is 2.07 bits per heavy atom. The Morgan fingerprint density at radius 1 is 1.53 bits per heavy atom. The lowest BCUT2D eigenvalue weighted by Gasteiger charge is -2.25. The molecule has 4 heteroatoms. The Morgan fingerprint density at radius 3 is 2.47 bits per heavy atom. The molecule has 0 bridgehead atoms. The van der Waals surface area contributed by atoms with Crippen molar-refractivity contribution in [2.75, 3.05) is 6.61 Å². The maximum Gasteiger partial charge on any atom is 0.308 e. The molecule has 0 aromatic heterocycles. The first-order valence-electron chi connectivity index (χ1n) is 5.20. The topological polar surface area (TPSA) is 26.3 Å². The van der Waals surface area contributed by atoms with Gasteiger partial charge in [0.05, 0.1) is 14.0 Å². The van der Waals surface area contributed by atoms with E-state index in [1.54, 1.807) is 6.08 Å². The van der Waals surface area contributed by atoms with Gasteiger partial charge in [0, 0.05) is 4.45 Å². The molecule has 0 rings (SSSR count). The predicted octanol–water partition coefficient (Wildman–Crippen LogP) is 3.38. The molecule has 0 heterocycles. The molecule has 0 aromatic carbocycles. The zero-order chi connectivity index (χ0) is 12.1. The van der Waals surface area contributed by atoms with Crippen LogP contribution < -0.4 is 0 Å². The van der Waals surface area contributed by atoms with E-state index in [1.807, 2.05) is 6.92 Å². The fourth-order valence-electron chi connectivity index (χ4n) is 1.04. The van der Waals surface area contributed by atoms with E-state index in [2.05, 4.69) is 42.1 Å². The van der Waals surface area contributed by atoms with Gasteiger partial charge >= 0.3 is 5.97 Å². The van der Waals surface area contributed by atoms with Crippen LogP contribution in [0.1, 0.15) is 13.3 Å².